The second-order valence-electron chi connectivity index (χ2n) is 5.49. The van der Waals surface area contributed by atoms with E-state index >= 15 is 0 Å². The number of piperidine rings is 1. The monoisotopic (exact) mass is 305 g/mol. The second-order valence-corrected chi connectivity index (χ2v) is 7.50. The molecule has 0 atom stereocenters. The summed E-state index contributed by atoms with van der Waals surface area (Å²) in [6.45, 7) is 2.06. The molecule has 6 heteroatoms. The zero-order valence-corrected chi connectivity index (χ0v) is 12.8. The van der Waals surface area contributed by atoms with Crippen molar-refractivity contribution >= 4 is 9.84 Å². The highest BCUT2D eigenvalue weighted by molar-refractivity contribution is 7.90. The molecule has 1 saturated heterocycles. The lowest BCUT2D eigenvalue weighted by Crippen LogP contribution is -2.29. The largest absolute Gasteiger partial charge is 0.317 e. The average molecular weight is 305 g/mol. The lowest BCUT2D eigenvalue weighted by Gasteiger charge is -2.22. The Kier molecular flexibility index (Phi) is 3.82. The summed E-state index contributed by atoms with van der Waals surface area (Å²) in [7, 11) is -3.14. The predicted molar refractivity (Wildman–Crippen MR) is 81.9 cm³/mol. The number of nitrogens with one attached hydrogen (secondary N) is 1. The summed E-state index contributed by atoms with van der Waals surface area (Å²) < 4.78 is 25.0. The summed E-state index contributed by atoms with van der Waals surface area (Å²) in [4.78, 5) is 0.344. The quantitative estimate of drug-likeness (QED) is 0.940. The fraction of sp³-hybridized carbons (Fsp3) is 0.400. The first-order valence-corrected chi connectivity index (χ1v) is 8.98. The summed E-state index contributed by atoms with van der Waals surface area (Å²) in [5.41, 5.74) is 2.01. The molecule has 0 radical (unpaired) electrons. The topological polar surface area (TPSA) is 64.0 Å². The maximum absolute atomic E-state index is 11.5. The molecule has 21 heavy (non-hydrogen) atoms. The van der Waals surface area contributed by atoms with E-state index in [2.05, 4.69) is 10.4 Å². The number of rotatable bonds is 3. The summed E-state index contributed by atoms with van der Waals surface area (Å²) in [6, 6.07) is 7.41. The molecule has 1 aliphatic rings. The maximum atomic E-state index is 11.5. The molecule has 0 bridgehead atoms. The van der Waals surface area contributed by atoms with Crippen LogP contribution in [0.3, 0.4) is 0 Å². The predicted octanol–water partition coefficient (Wildman–Crippen LogP) is 1.88. The molecule has 3 rings (SSSR count). The van der Waals surface area contributed by atoms with Gasteiger partial charge in [-0.1, -0.05) is 12.1 Å². The Morgan fingerprint density at radius 2 is 1.81 bits per heavy atom. The summed E-state index contributed by atoms with van der Waals surface area (Å²) in [5, 5.41) is 7.80. The lowest BCUT2D eigenvalue weighted by molar-refractivity contribution is 0.343. The Hall–Kier alpha value is -1.66. The van der Waals surface area contributed by atoms with E-state index in [1.807, 2.05) is 29.2 Å². The van der Waals surface area contributed by atoms with E-state index in [-0.39, 0.29) is 0 Å². The van der Waals surface area contributed by atoms with Crippen LogP contribution in [0.5, 0.6) is 0 Å². The molecular weight excluding hydrogens is 286 g/mol. The first-order valence-electron chi connectivity index (χ1n) is 7.09. The van der Waals surface area contributed by atoms with Gasteiger partial charge in [0.25, 0.3) is 0 Å². The van der Waals surface area contributed by atoms with Gasteiger partial charge in [0.1, 0.15) is 0 Å². The van der Waals surface area contributed by atoms with Crippen molar-refractivity contribution < 1.29 is 8.42 Å². The first-order chi connectivity index (χ1) is 10.0. The van der Waals surface area contributed by atoms with E-state index in [1.165, 1.54) is 6.26 Å². The average Bonchev–Trinajstić information content (AvgIpc) is 2.97. The molecular formula is C15H19N3O2S. The number of nitrogens with zero attached hydrogens (tertiary/aromatic N) is 2. The van der Waals surface area contributed by atoms with Gasteiger partial charge in [-0.3, -0.25) is 4.68 Å². The molecule has 1 aromatic heterocycles. The summed E-state index contributed by atoms with van der Waals surface area (Å²) >= 11 is 0. The smallest absolute Gasteiger partial charge is 0.175 e. The van der Waals surface area contributed by atoms with Crippen LogP contribution in [0.4, 0.5) is 0 Å². The number of sulfone groups is 1. The Balaban J connectivity index is 1.82. The van der Waals surface area contributed by atoms with Gasteiger partial charge < -0.3 is 5.32 Å². The van der Waals surface area contributed by atoms with Crippen LogP contribution in [-0.4, -0.2) is 37.5 Å². The van der Waals surface area contributed by atoms with Crippen LogP contribution in [0.15, 0.2) is 41.6 Å². The molecule has 5 nitrogen and oxygen atoms in total. The molecule has 1 N–H and O–H groups in total. The van der Waals surface area contributed by atoms with Gasteiger partial charge in [-0.15, -0.1) is 0 Å². The van der Waals surface area contributed by atoms with Gasteiger partial charge in [-0.25, -0.2) is 8.42 Å². The minimum Gasteiger partial charge on any atom is -0.317 e. The van der Waals surface area contributed by atoms with E-state index < -0.39 is 9.84 Å². The van der Waals surface area contributed by atoms with Crippen LogP contribution in [0.25, 0.3) is 11.1 Å². The second kappa shape index (κ2) is 5.61. The highest BCUT2D eigenvalue weighted by Crippen LogP contribution is 2.24. The Morgan fingerprint density at radius 1 is 1.14 bits per heavy atom. The van der Waals surface area contributed by atoms with Crippen LogP contribution in [0.1, 0.15) is 18.9 Å². The Bertz CT molecular complexity index is 714. The number of hydrogen-bond acceptors (Lipinski definition) is 4. The third kappa shape index (κ3) is 3.16. The molecule has 0 unspecified atom stereocenters. The minimum absolute atomic E-state index is 0.344. The highest BCUT2D eigenvalue weighted by atomic mass is 32.2. The number of aromatic nitrogens is 2. The Morgan fingerprint density at radius 3 is 2.43 bits per heavy atom. The molecule has 1 fully saturated rings. The molecule has 1 aromatic carbocycles. The molecule has 0 saturated carbocycles. The molecule has 0 aliphatic carbocycles. The number of hydrogen-bond donors (Lipinski definition) is 1. The molecule has 112 valence electrons. The van der Waals surface area contributed by atoms with Gasteiger partial charge in [0.05, 0.1) is 17.1 Å². The Labute approximate surface area is 124 Å². The van der Waals surface area contributed by atoms with Gasteiger partial charge in [0.2, 0.25) is 0 Å². The van der Waals surface area contributed by atoms with Crippen molar-refractivity contribution in [3.05, 3.63) is 36.7 Å². The van der Waals surface area contributed by atoms with Crippen molar-refractivity contribution in [2.45, 2.75) is 23.8 Å². The molecule has 0 amide bonds. The van der Waals surface area contributed by atoms with Crippen LogP contribution < -0.4 is 5.32 Å². The van der Waals surface area contributed by atoms with E-state index in [0.717, 1.165) is 37.1 Å². The zero-order chi connectivity index (χ0) is 14.9. The SMILES string of the molecule is CS(=O)(=O)c1ccc(-c2cnn(C3CCNCC3)c2)cc1. The molecule has 2 heterocycles. The fourth-order valence-corrected chi connectivity index (χ4v) is 3.28. The van der Waals surface area contributed by atoms with Crippen molar-refractivity contribution in [1.29, 1.82) is 0 Å². The van der Waals surface area contributed by atoms with Crippen LogP contribution >= 0.6 is 0 Å². The normalized spacial score (nSPS) is 17.0. The molecule has 1 aliphatic heterocycles. The number of benzene rings is 1. The standard InChI is InChI=1S/C15H19N3O2S/c1-21(19,20)15-4-2-12(3-5-15)13-10-17-18(11-13)14-6-8-16-9-7-14/h2-5,10-11,14,16H,6-9H2,1H3. The molecule has 2 aromatic rings. The van der Waals surface area contributed by atoms with Crippen molar-refractivity contribution in [2.24, 2.45) is 0 Å². The van der Waals surface area contributed by atoms with Crippen molar-refractivity contribution in [1.82, 2.24) is 15.1 Å². The molecule has 0 spiro atoms. The third-order valence-electron chi connectivity index (χ3n) is 3.90. The zero-order valence-electron chi connectivity index (χ0n) is 12.0. The van der Waals surface area contributed by atoms with Crippen molar-refractivity contribution in [2.75, 3.05) is 19.3 Å². The first kappa shape index (κ1) is 14.3. The van der Waals surface area contributed by atoms with Crippen LogP contribution in [-0.2, 0) is 9.84 Å². The summed E-state index contributed by atoms with van der Waals surface area (Å²) in [6.07, 6.45) is 7.29. The maximum Gasteiger partial charge on any atom is 0.175 e. The fourth-order valence-electron chi connectivity index (χ4n) is 2.65. The van der Waals surface area contributed by atoms with Crippen LogP contribution in [0.2, 0.25) is 0 Å². The van der Waals surface area contributed by atoms with Crippen molar-refractivity contribution in [3.63, 3.8) is 0 Å². The van der Waals surface area contributed by atoms with E-state index in [1.54, 1.807) is 12.1 Å². The lowest BCUT2D eigenvalue weighted by atomic mass is 10.1. The third-order valence-corrected chi connectivity index (χ3v) is 5.03. The highest BCUT2D eigenvalue weighted by Gasteiger charge is 2.16. The van der Waals surface area contributed by atoms with Gasteiger partial charge in [0.15, 0.2) is 9.84 Å². The van der Waals surface area contributed by atoms with Crippen LogP contribution in [0, 0.1) is 0 Å². The van der Waals surface area contributed by atoms with E-state index in [4.69, 9.17) is 0 Å². The van der Waals surface area contributed by atoms with E-state index in [9.17, 15) is 8.42 Å². The van der Waals surface area contributed by atoms with Gasteiger partial charge in [0, 0.05) is 18.0 Å². The van der Waals surface area contributed by atoms with E-state index in [0.29, 0.717) is 10.9 Å². The van der Waals surface area contributed by atoms with Crippen molar-refractivity contribution in [3.8, 4) is 11.1 Å². The summed E-state index contributed by atoms with van der Waals surface area (Å²) in [5.74, 6) is 0. The minimum atomic E-state index is -3.14. The van der Waals surface area contributed by atoms with Gasteiger partial charge >= 0.3 is 0 Å². The van der Waals surface area contributed by atoms with Gasteiger partial charge in [-0.05, 0) is 43.6 Å². The van der Waals surface area contributed by atoms with Gasteiger partial charge in [-0.2, -0.15) is 5.10 Å².